The molecule has 2 aromatic rings. The highest BCUT2D eigenvalue weighted by molar-refractivity contribution is 6.42. The number of hydrogen-bond acceptors (Lipinski definition) is 3. The minimum absolute atomic E-state index is 0.277. The van der Waals surface area contributed by atoms with Gasteiger partial charge in [0.25, 0.3) is 5.91 Å². The Morgan fingerprint density at radius 3 is 2.62 bits per heavy atom. The van der Waals surface area contributed by atoms with Crippen molar-refractivity contribution >= 4 is 40.8 Å². The number of halogens is 2. The molecule has 1 aromatic carbocycles. The molecular formula is C13H10Cl2N4O2. The average molecular weight is 325 g/mol. The molecule has 0 aliphatic carbocycles. The Balaban J connectivity index is 1.95. The van der Waals surface area contributed by atoms with Crippen molar-refractivity contribution in [3.05, 3.63) is 46.2 Å². The zero-order valence-corrected chi connectivity index (χ0v) is 12.4. The fourth-order valence-corrected chi connectivity index (χ4v) is 2.46. The van der Waals surface area contributed by atoms with E-state index in [2.05, 4.69) is 10.4 Å². The maximum absolute atomic E-state index is 12.5. The van der Waals surface area contributed by atoms with Crippen LogP contribution in [0.5, 0.6) is 0 Å². The predicted octanol–water partition coefficient (Wildman–Crippen LogP) is 2.52. The fourth-order valence-electron chi connectivity index (χ4n) is 2.16. The molecule has 0 spiro atoms. The summed E-state index contributed by atoms with van der Waals surface area (Å²) in [5, 5.41) is 7.26. The van der Waals surface area contributed by atoms with E-state index >= 15 is 0 Å². The van der Waals surface area contributed by atoms with Crippen molar-refractivity contribution in [2.45, 2.75) is 6.04 Å². The van der Waals surface area contributed by atoms with Gasteiger partial charge < -0.3 is 5.32 Å². The highest BCUT2D eigenvalue weighted by atomic mass is 35.5. The Labute approximate surface area is 130 Å². The summed E-state index contributed by atoms with van der Waals surface area (Å²) in [7, 11) is 1.74. The van der Waals surface area contributed by atoms with Crippen molar-refractivity contribution in [2.24, 2.45) is 7.05 Å². The van der Waals surface area contributed by atoms with E-state index in [1.165, 1.54) is 12.1 Å². The maximum atomic E-state index is 12.5. The Bertz CT molecular complexity index is 744. The maximum Gasteiger partial charge on any atom is 0.329 e. The number of imide groups is 1. The molecule has 6 nitrogen and oxygen atoms in total. The number of nitrogens with zero attached hydrogens (tertiary/aromatic N) is 3. The molecule has 108 valence electrons. The number of aromatic nitrogens is 2. The topological polar surface area (TPSA) is 67.2 Å². The normalized spacial score (nSPS) is 18.2. The molecule has 0 radical (unpaired) electrons. The Hall–Kier alpha value is -2.05. The first kappa shape index (κ1) is 13.9. The van der Waals surface area contributed by atoms with Crippen molar-refractivity contribution in [3.8, 4) is 0 Å². The average Bonchev–Trinajstić information content (AvgIpc) is 2.97. The van der Waals surface area contributed by atoms with Gasteiger partial charge in [0.05, 0.1) is 21.9 Å². The predicted molar refractivity (Wildman–Crippen MR) is 78.4 cm³/mol. The first-order valence-corrected chi connectivity index (χ1v) is 6.81. The van der Waals surface area contributed by atoms with Gasteiger partial charge in [-0.25, -0.2) is 9.69 Å². The Kier molecular flexibility index (Phi) is 3.35. The third-order valence-electron chi connectivity index (χ3n) is 3.16. The lowest BCUT2D eigenvalue weighted by atomic mass is 10.1. The van der Waals surface area contributed by atoms with Crippen LogP contribution < -0.4 is 10.2 Å². The molecule has 1 atom stereocenters. The lowest BCUT2D eigenvalue weighted by molar-refractivity contribution is -0.118. The van der Waals surface area contributed by atoms with E-state index in [0.29, 0.717) is 16.3 Å². The molecule has 2 heterocycles. The summed E-state index contributed by atoms with van der Waals surface area (Å²) >= 11 is 11.8. The van der Waals surface area contributed by atoms with Crippen LogP contribution in [0.1, 0.15) is 11.6 Å². The molecule has 3 rings (SSSR count). The smallest absolute Gasteiger partial charge is 0.321 e. The number of aryl methyl sites for hydroxylation is 1. The van der Waals surface area contributed by atoms with Crippen molar-refractivity contribution in [1.29, 1.82) is 0 Å². The van der Waals surface area contributed by atoms with E-state index in [9.17, 15) is 9.59 Å². The number of anilines is 1. The van der Waals surface area contributed by atoms with Crippen LogP contribution in [0, 0.1) is 0 Å². The zero-order chi connectivity index (χ0) is 15.1. The van der Waals surface area contributed by atoms with Gasteiger partial charge in [-0.1, -0.05) is 23.2 Å². The second kappa shape index (κ2) is 5.05. The van der Waals surface area contributed by atoms with Crippen molar-refractivity contribution in [3.63, 3.8) is 0 Å². The van der Waals surface area contributed by atoms with Gasteiger partial charge in [0.15, 0.2) is 0 Å². The van der Waals surface area contributed by atoms with E-state index in [1.54, 1.807) is 30.2 Å². The van der Waals surface area contributed by atoms with Crippen molar-refractivity contribution in [2.75, 3.05) is 4.90 Å². The molecule has 1 fully saturated rings. The summed E-state index contributed by atoms with van der Waals surface area (Å²) in [5.41, 5.74) is 0.997. The Morgan fingerprint density at radius 1 is 1.24 bits per heavy atom. The molecular weight excluding hydrogens is 315 g/mol. The highest BCUT2D eigenvalue weighted by Crippen LogP contribution is 2.31. The van der Waals surface area contributed by atoms with E-state index in [-0.39, 0.29) is 10.9 Å². The van der Waals surface area contributed by atoms with Crippen LogP contribution in [0.2, 0.25) is 10.0 Å². The lowest BCUT2D eigenvalue weighted by Gasteiger charge is -2.13. The monoisotopic (exact) mass is 324 g/mol. The SMILES string of the molecule is Cn1cc(C2NC(=O)N(c3ccc(Cl)c(Cl)c3)C2=O)cn1. The van der Waals surface area contributed by atoms with Crippen molar-refractivity contribution in [1.82, 2.24) is 15.1 Å². The van der Waals surface area contributed by atoms with Gasteiger partial charge in [0.2, 0.25) is 0 Å². The number of carbonyl (C=O) groups excluding carboxylic acids is 2. The summed E-state index contributed by atoms with van der Waals surface area (Å²) in [6.45, 7) is 0. The molecule has 0 saturated carbocycles. The number of amides is 3. The summed E-state index contributed by atoms with van der Waals surface area (Å²) in [5.74, 6) is -0.383. The van der Waals surface area contributed by atoms with Crippen LogP contribution in [0.15, 0.2) is 30.6 Å². The number of nitrogens with one attached hydrogen (secondary N) is 1. The minimum Gasteiger partial charge on any atom is -0.321 e. The molecule has 1 saturated heterocycles. The minimum atomic E-state index is -0.749. The van der Waals surface area contributed by atoms with Crippen LogP contribution >= 0.6 is 23.2 Å². The third-order valence-corrected chi connectivity index (χ3v) is 3.90. The second-order valence-corrected chi connectivity index (χ2v) is 5.42. The first-order chi connectivity index (χ1) is 9.97. The summed E-state index contributed by atoms with van der Waals surface area (Å²) in [6.07, 6.45) is 3.22. The fraction of sp³-hybridized carbons (Fsp3) is 0.154. The molecule has 1 unspecified atom stereocenters. The summed E-state index contributed by atoms with van der Waals surface area (Å²) < 4.78 is 1.57. The highest BCUT2D eigenvalue weighted by Gasteiger charge is 2.40. The molecule has 3 amide bonds. The van der Waals surface area contributed by atoms with Gasteiger partial charge in [-0.15, -0.1) is 0 Å². The number of urea groups is 1. The van der Waals surface area contributed by atoms with Gasteiger partial charge in [0, 0.05) is 18.8 Å². The Morgan fingerprint density at radius 2 is 2.00 bits per heavy atom. The molecule has 1 aliphatic rings. The van der Waals surface area contributed by atoms with Crippen LogP contribution in [-0.4, -0.2) is 21.7 Å². The van der Waals surface area contributed by atoms with Crippen LogP contribution in [-0.2, 0) is 11.8 Å². The van der Waals surface area contributed by atoms with Crippen molar-refractivity contribution < 1.29 is 9.59 Å². The van der Waals surface area contributed by atoms with Crippen LogP contribution in [0.25, 0.3) is 0 Å². The van der Waals surface area contributed by atoms with Crippen LogP contribution in [0.4, 0.5) is 10.5 Å². The molecule has 1 aliphatic heterocycles. The van der Waals surface area contributed by atoms with Gasteiger partial charge >= 0.3 is 6.03 Å². The first-order valence-electron chi connectivity index (χ1n) is 6.05. The van der Waals surface area contributed by atoms with E-state index < -0.39 is 12.1 Å². The van der Waals surface area contributed by atoms with Gasteiger partial charge in [-0.3, -0.25) is 9.48 Å². The molecule has 1 aromatic heterocycles. The number of benzene rings is 1. The van der Waals surface area contributed by atoms with Crippen LogP contribution in [0.3, 0.4) is 0 Å². The lowest BCUT2D eigenvalue weighted by Crippen LogP contribution is -2.30. The third kappa shape index (κ3) is 2.36. The number of hydrogen-bond donors (Lipinski definition) is 1. The van der Waals surface area contributed by atoms with Gasteiger partial charge in [-0.2, -0.15) is 5.10 Å². The number of rotatable bonds is 2. The zero-order valence-electron chi connectivity index (χ0n) is 10.9. The van der Waals surface area contributed by atoms with E-state index in [4.69, 9.17) is 23.2 Å². The summed E-state index contributed by atoms with van der Waals surface area (Å²) in [6, 6.07) is 3.33. The molecule has 21 heavy (non-hydrogen) atoms. The van der Waals surface area contributed by atoms with E-state index in [1.807, 2.05) is 0 Å². The quantitative estimate of drug-likeness (QED) is 0.863. The number of carbonyl (C=O) groups is 2. The van der Waals surface area contributed by atoms with Gasteiger partial charge in [0.1, 0.15) is 6.04 Å². The van der Waals surface area contributed by atoms with E-state index in [0.717, 1.165) is 4.90 Å². The molecule has 1 N–H and O–H groups in total. The second-order valence-electron chi connectivity index (χ2n) is 4.60. The standard InChI is InChI=1S/C13H10Cl2N4O2/c1-18-6-7(5-16-18)11-12(20)19(13(21)17-11)8-2-3-9(14)10(15)4-8/h2-6,11H,1H3,(H,17,21). The largest absolute Gasteiger partial charge is 0.329 e. The molecule has 0 bridgehead atoms. The van der Waals surface area contributed by atoms with Gasteiger partial charge in [-0.05, 0) is 18.2 Å². The molecule has 8 heteroatoms. The summed E-state index contributed by atoms with van der Waals surface area (Å²) in [4.78, 5) is 25.6.